The fraction of sp³-hybridized carbons (Fsp3) is 0.750. The molecule has 0 bridgehead atoms. The molecule has 2 N–H and O–H groups in total. The largest absolute Gasteiger partial charge is 0.354 e. The third-order valence-electron chi connectivity index (χ3n) is 3.26. The molecule has 2 unspecified atom stereocenters. The van der Waals surface area contributed by atoms with E-state index in [2.05, 4.69) is 32.0 Å². The van der Waals surface area contributed by atoms with Crippen LogP contribution in [-0.4, -0.2) is 40.7 Å². The number of aryl methyl sites for hydroxylation is 1. The van der Waals surface area contributed by atoms with E-state index in [-0.39, 0.29) is 24.0 Å². The van der Waals surface area contributed by atoms with Gasteiger partial charge in [-0.15, -0.1) is 24.0 Å². The average Bonchev–Trinajstić information content (AvgIpc) is 3.03. The monoisotopic (exact) mass is 411 g/mol. The molecule has 8 heteroatoms. The standard InChI is InChI=1S/C12H21N5OS.HI/c1-8-15-11(18-17-8)7-14-12(13-2)16-9-4-5-10(6-9)19-3;/h9-10H,4-7H2,1-3H3,(H2,13,14,16);1H. The number of aromatic nitrogens is 2. The summed E-state index contributed by atoms with van der Waals surface area (Å²) in [5.41, 5.74) is 0. The van der Waals surface area contributed by atoms with E-state index >= 15 is 0 Å². The van der Waals surface area contributed by atoms with Crippen molar-refractivity contribution in [2.45, 2.75) is 44.0 Å². The number of thioether (sulfide) groups is 1. The molecule has 20 heavy (non-hydrogen) atoms. The summed E-state index contributed by atoms with van der Waals surface area (Å²) in [6, 6.07) is 0.507. The maximum absolute atomic E-state index is 5.05. The van der Waals surface area contributed by atoms with Gasteiger partial charge in [-0.25, -0.2) is 0 Å². The first-order valence-corrected chi connectivity index (χ1v) is 7.79. The lowest BCUT2D eigenvalue weighted by Crippen LogP contribution is -2.42. The van der Waals surface area contributed by atoms with Gasteiger partial charge in [-0.2, -0.15) is 16.7 Å². The minimum atomic E-state index is 0. The summed E-state index contributed by atoms with van der Waals surface area (Å²) in [6.07, 6.45) is 5.85. The van der Waals surface area contributed by atoms with Gasteiger partial charge in [-0.1, -0.05) is 5.16 Å². The highest BCUT2D eigenvalue weighted by Gasteiger charge is 2.24. The van der Waals surface area contributed by atoms with Gasteiger partial charge >= 0.3 is 0 Å². The molecule has 1 heterocycles. The summed E-state index contributed by atoms with van der Waals surface area (Å²) >= 11 is 1.95. The van der Waals surface area contributed by atoms with Crippen molar-refractivity contribution in [3.63, 3.8) is 0 Å². The Labute approximate surface area is 141 Å². The van der Waals surface area contributed by atoms with Crippen LogP contribution in [0.2, 0.25) is 0 Å². The fourth-order valence-electron chi connectivity index (χ4n) is 2.24. The number of nitrogens with zero attached hydrogens (tertiary/aromatic N) is 3. The minimum Gasteiger partial charge on any atom is -0.354 e. The maximum atomic E-state index is 5.05. The van der Waals surface area contributed by atoms with E-state index in [0.29, 0.717) is 24.3 Å². The smallest absolute Gasteiger partial charge is 0.246 e. The number of aliphatic imine (C=N–C) groups is 1. The summed E-state index contributed by atoms with van der Waals surface area (Å²) in [6.45, 7) is 2.31. The third kappa shape index (κ3) is 5.12. The molecule has 1 aromatic heterocycles. The lowest BCUT2D eigenvalue weighted by Gasteiger charge is -2.16. The SMILES string of the molecule is CN=C(NCc1nc(C)no1)NC1CCC(SC)C1.I. The molecule has 0 aromatic carbocycles. The van der Waals surface area contributed by atoms with Crippen molar-refractivity contribution in [1.82, 2.24) is 20.8 Å². The summed E-state index contributed by atoms with van der Waals surface area (Å²) in [5, 5.41) is 11.2. The van der Waals surface area contributed by atoms with Crippen LogP contribution in [-0.2, 0) is 6.54 Å². The van der Waals surface area contributed by atoms with Crippen molar-refractivity contribution >= 4 is 41.7 Å². The molecule has 114 valence electrons. The van der Waals surface area contributed by atoms with Gasteiger partial charge in [-0.3, -0.25) is 4.99 Å². The Balaban J connectivity index is 0.00000200. The zero-order chi connectivity index (χ0) is 13.7. The van der Waals surface area contributed by atoms with Gasteiger partial charge in [0.25, 0.3) is 0 Å². The molecule has 0 spiro atoms. The summed E-state index contributed by atoms with van der Waals surface area (Å²) in [5.74, 6) is 2.02. The molecule has 1 aromatic rings. The van der Waals surface area contributed by atoms with Crippen LogP contribution in [0, 0.1) is 6.92 Å². The Morgan fingerprint density at radius 3 is 2.85 bits per heavy atom. The van der Waals surface area contributed by atoms with Gasteiger partial charge in [0.1, 0.15) is 0 Å². The molecule has 1 saturated carbocycles. The molecule has 1 aliphatic carbocycles. The first kappa shape index (κ1) is 17.5. The van der Waals surface area contributed by atoms with E-state index < -0.39 is 0 Å². The number of hydrogen-bond acceptors (Lipinski definition) is 5. The molecular weight excluding hydrogens is 389 g/mol. The average molecular weight is 411 g/mol. The van der Waals surface area contributed by atoms with Crippen LogP contribution in [0.3, 0.4) is 0 Å². The normalized spacial score (nSPS) is 22.4. The molecule has 2 rings (SSSR count). The number of guanidine groups is 1. The Morgan fingerprint density at radius 2 is 2.30 bits per heavy atom. The van der Waals surface area contributed by atoms with Gasteiger partial charge in [0.05, 0.1) is 6.54 Å². The molecule has 0 aliphatic heterocycles. The first-order valence-electron chi connectivity index (χ1n) is 6.50. The van der Waals surface area contributed by atoms with Gasteiger partial charge in [0.15, 0.2) is 11.8 Å². The zero-order valence-corrected chi connectivity index (χ0v) is 15.2. The van der Waals surface area contributed by atoms with Gasteiger partial charge in [0.2, 0.25) is 5.89 Å². The quantitative estimate of drug-likeness (QED) is 0.448. The third-order valence-corrected chi connectivity index (χ3v) is 4.35. The summed E-state index contributed by atoms with van der Waals surface area (Å²) in [7, 11) is 1.77. The van der Waals surface area contributed by atoms with E-state index in [1.807, 2.05) is 11.8 Å². The first-order chi connectivity index (χ1) is 9.21. The van der Waals surface area contributed by atoms with Crippen molar-refractivity contribution in [2.24, 2.45) is 4.99 Å². The van der Waals surface area contributed by atoms with Crippen molar-refractivity contribution in [2.75, 3.05) is 13.3 Å². The van der Waals surface area contributed by atoms with Crippen LogP contribution < -0.4 is 10.6 Å². The number of halogens is 1. The van der Waals surface area contributed by atoms with E-state index in [1.165, 1.54) is 19.3 Å². The van der Waals surface area contributed by atoms with Gasteiger partial charge in [-0.05, 0) is 32.4 Å². The molecule has 0 saturated heterocycles. The van der Waals surface area contributed by atoms with Crippen LogP contribution in [0.1, 0.15) is 31.0 Å². The predicted molar refractivity (Wildman–Crippen MR) is 92.7 cm³/mol. The zero-order valence-electron chi connectivity index (χ0n) is 12.0. The van der Waals surface area contributed by atoms with Gasteiger partial charge < -0.3 is 15.2 Å². The van der Waals surface area contributed by atoms with Crippen LogP contribution in [0.5, 0.6) is 0 Å². The second kappa shape index (κ2) is 8.71. The number of rotatable bonds is 4. The van der Waals surface area contributed by atoms with E-state index in [1.54, 1.807) is 14.0 Å². The molecule has 2 atom stereocenters. The highest BCUT2D eigenvalue weighted by molar-refractivity contribution is 14.0. The second-order valence-corrected chi connectivity index (χ2v) is 5.81. The molecule has 6 nitrogen and oxygen atoms in total. The minimum absolute atomic E-state index is 0. The van der Waals surface area contributed by atoms with E-state index in [0.717, 1.165) is 11.2 Å². The molecular formula is C12H22IN5OS. The topological polar surface area (TPSA) is 75.3 Å². The van der Waals surface area contributed by atoms with Crippen molar-refractivity contribution in [1.29, 1.82) is 0 Å². The second-order valence-electron chi connectivity index (χ2n) is 4.67. The highest BCUT2D eigenvalue weighted by Crippen LogP contribution is 2.27. The Kier molecular flexibility index (Phi) is 7.63. The van der Waals surface area contributed by atoms with Crippen LogP contribution in [0.4, 0.5) is 0 Å². The Bertz CT molecular complexity index is 439. The van der Waals surface area contributed by atoms with Gasteiger partial charge in [0, 0.05) is 18.3 Å². The van der Waals surface area contributed by atoms with E-state index in [4.69, 9.17) is 4.52 Å². The molecule has 1 fully saturated rings. The summed E-state index contributed by atoms with van der Waals surface area (Å²) < 4.78 is 5.05. The van der Waals surface area contributed by atoms with E-state index in [9.17, 15) is 0 Å². The fourth-order valence-corrected chi connectivity index (χ4v) is 3.04. The Morgan fingerprint density at radius 1 is 1.50 bits per heavy atom. The van der Waals surface area contributed by atoms with Crippen molar-refractivity contribution in [3.8, 4) is 0 Å². The number of hydrogen-bond donors (Lipinski definition) is 2. The maximum Gasteiger partial charge on any atom is 0.246 e. The lowest BCUT2D eigenvalue weighted by molar-refractivity contribution is 0.371. The lowest BCUT2D eigenvalue weighted by atomic mass is 10.2. The Hall–Kier alpha value is -0.510. The van der Waals surface area contributed by atoms with Crippen LogP contribution in [0.15, 0.2) is 9.52 Å². The van der Waals surface area contributed by atoms with Crippen molar-refractivity contribution in [3.05, 3.63) is 11.7 Å². The van der Waals surface area contributed by atoms with Crippen LogP contribution >= 0.6 is 35.7 Å². The van der Waals surface area contributed by atoms with Crippen LogP contribution in [0.25, 0.3) is 0 Å². The number of nitrogens with one attached hydrogen (secondary N) is 2. The predicted octanol–water partition coefficient (Wildman–Crippen LogP) is 1.95. The molecule has 0 amide bonds. The highest BCUT2D eigenvalue weighted by atomic mass is 127. The molecule has 1 aliphatic rings. The summed E-state index contributed by atoms with van der Waals surface area (Å²) in [4.78, 5) is 8.37. The van der Waals surface area contributed by atoms with Crippen molar-refractivity contribution < 1.29 is 4.52 Å². The molecule has 0 radical (unpaired) electrons.